The van der Waals surface area contributed by atoms with E-state index in [-0.39, 0.29) is 33.5 Å². The number of nitrogens with zero attached hydrogens (tertiary/aromatic N) is 1. The van der Waals surface area contributed by atoms with Crippen LogP contribution >= 0.6 is 11.6 Å². The zero-order chi connectivity index (χ0) is 23.4. The molecule has 32 heavy (non-hydrogen) atoms. The second-order valence-corrected chi connectivity index (χ2v) is 7.00. The molecule has 0 spiro atoms. The molecule has 3 aromatic carbocycles. The second kappa shape index (κ2) is 9.67. The van der Waals surface area contributed by atoms with E-state index in [0.29, 0.717) is 6.07 Å². The lowest BCUT2D eigenvalue weighted by molar-refractivity contribution is 0.0976. The number of carbonyl (C=O) groups excluding carboxylic acids is 1. The minimum absolute atomic E-state index is 0.0532. The number of hydrogen-bond donors (Lipinski definition) is 4. The van der Waals surface area contributed by atoms with Crippen LogP contribution in [0.5, 0.6) is 0 Å². The summed E-state index contributed by atoms with van der Waals surface area (Å²) in [6.07, 6.45) is -1.25. The maximum Gasteiger partial charge on any atom is 0.258 e. The molecule has 6 N–H and O–H groups in total. The normalized spacial score (nSPS) is 12.4. The molecule has 3 rings (SSSR count). The number of carbonyl (C=O) groups is 1. The quantitative estimate of drug-likeness (QED) is 0.199. The third kappa shape index (κ3) is 5.74. The summed E-state index contributed by atoms with van der Waals surface area (Å²) in [6.45, 7) is 0. The molecule has 0 aliphatic rings. The first kappa shape index (κ1) is 23.0. The molecule has 166 valence electrons. The van der Waals surface area contributed by atoms with Crippen LogP contribution in [-0.2, 0) is 0 Å². The highest BCUT2D eigenvalue weighted by molar-refractivity contribution is 6.31. The fourth-order valence-electron chi connectivity index (χ4n) is 2.69. The number of nitrogens with two attached hydrogens (primary N) is 2. The predicted molar refractivity (Wildman–Crippen MR) is 114 cm³/mol. The molecule has 0 aliphatic carbocycles. The van der Waals surface area contributed by atoms with Crippen molar-refractivity contribution in [3.63, 3.8) is 0 Å². The van der Waals surface area contributed by atoms with E-state index in [2.05, 4.69) is 15.6 Å². The summed E-state index contributed by atoms with van der Waals surface area (Å²) in [4.78, 5) is 16.6. The monoisotopic (exact) mass is 465 g/mol. The Morgan fingerprint density at radius 3 is 2.38 bits per heavy atom. The molecule has 0 saturated heterocycles. The van der Waals surface area contributed by atoms with Crippen molar-refractivity contribution in [3.8, 4) is 0 Å². The van der Waals surface area contributed by atoms with Crippen molar-refractivity contribution in [3.05, 3.63) is 94.0 Å². The number of hydrogen-bond acceptors (Lipinski definition) is 4. The third-order valence-corrected chi connectivity index (χ3v) is 4.39. The van der Waals surface area contributed by atoms with Crippen LogP contribution in [0.4, 0.5) is 28.9 Å². The molecule has 6 nitrogen and oxygen atoms in total. The Labute approximate surface area is 184 Å². The Bertz CT molecular complexity index is 1180. The first-order valence-corrected chi connectivity index (χ1v) is 9.38. The van der Waals surface area contributed by atoms with Crippen LogP contribution in [0.15, 0.2) is 59.6 Å². The van der Waals surface area contributed by atoms with Crippen molar-refractivity contribution in [1.29, 1.82) is 0 Å². The van der Waals surface area contributed by atoms with Crippen molar-refractivity contribution in [1.82, 2.24) is 5.32 Å². The van der Waals surface area contributed by atoms with Gasteiger partial charge in [-0.1, -0.05) is 11.6 Å². The van der Waals surface area contributed by atoms with Gasteiger partial charge in [0.2, 0.25) is 5.96 Å². The lowest BCUT2D eigenvalue weighted by Gasteiger charge is -2.16. The number of nitrogens with one attached hydrogen (secondary N) is 2. The van der Waals surface area contributed by atoms with Gasteiger partial charge in [0.25, 0.3) is 5.91 Å². The van der Waals surface area contributed by atoms with E-state index in [4.69, 9.17) is 23.1 Å². The first-order valence-electron chi connectivity index (χ1n) is 9.00. The van der Waals surface area contributed by atoms with Crippen molar-refractivity contribution in [2.24, 2.45) is 10.7 Å². The minimum atomic E-state index is -1.25. The fourth-order valence-corrected chi connectivity index (χ4v) is 2.91. The smallest absolute Gasteiger partial charge is 0.258 e. The van der Waals surface area contributed by atoms with Crippen LogP contribution < -0.4 is 22.1 Å². The van der Waals surface area contributed by atoms with E-state index in [1.807, 2.05) is 0 Å². The number of benzene rings is 3. The van der Waals surface area contributed by atoms with Crippen LogP contribution in [0, 0.1) is 23.3 Å². The molecule has 1 amide bonds. The Kier molecular flexibility index (Phi) is 6.96. The van der Waals surface area contributed by atoms with Gasteiger partial charge in [-0.25, -0.2) is 22.6 Å². The fraction of sp³-hybridized carbons (Fsp3) is 0.0476. The standard InChI is InChI=1S/C21H16ClF4N5O/c22-11-6-13(24)8-14(7-11)29-21(30-19(28)15-9-12(23)2-4-18(15)27)31-20(32)10-1-3-16(25)17(26)5-10/h1-9,19H,27-28H2,(H2,29,30,31,32). The van der Waals surface area contributed by atoms with Gasteiger partial charge < -0.3 is 16.8 Å². The third-order valence-electron chi connectivity index (χ3n) is 4.17. The largest absolute Gasteiger partial charge is 0.398 e. The van der Waals surface area contributed by atoms with Gasteiger partial charge in [0.15, 0.2) is 11.6 Å². The van der Waals surface area contributed by atoms with E-state index in [1.54, 1.807) is 0 Å². The van der Waals surface area contributed by atoms with Crippen LogP contribution in [-0.4, -0.2) is 11.9 Å². The Balaban J connectivity index is 1.95. The SMILES string of the molecule is Nc1ccc(F)cc1C(N)N=C(NC(=O)c1ccc(F)c(F)c1)Nc1cc(F)cc(Cl)c1. The molecule has 0 aliphatic heterocycles. The van der Waals surface area contributed by atoms with Crippen molar-refractivity contribution >= 4 is 34.8 Å². The van der Waals surface area contributed by atoms with Crippen molar-refractivity contribution < 1.29 is 22.4 Å². The highest BCUT2D eigenvalue weighted by atomic mass is 35.5. The number of rotatable bonds is 4. The molecule has 11 heteroatoms. The number of aliphatic imine (C=N–C) groups is 1. The summed E-state index contributed by atoms with van der Waals surface area (Å²) >= 11 is 5.84. The molecule has 0 saturated carbocycles. The van der Waals surface area contributed by atoms with Crippen LogP contribution in [0.25, 0.3) is 0 Å². The molecule has 1 atom stereocenters. The number of amides is 1. The molecular formula is C21H16ClF4N5O. The number of anilines is 2. The lowest BCUT2D eigenvalue weighted by Crippen LogP contribution is -2.37. The van der Waals surface area contributed by atoms with Gasteiger partial charge in [0.05, 0.1) is 0 Å². The number of nitrogen functional groups attached to an aromatic ring is 1. The van der Waals surface area contributed by atoms with Crippen molar-refractivity contribution in [2.45, 2.75) is 6.17 Å². The molecule has 3 aromatic rings. The van der Waals surface area contributed by atoms with E-state index in [0.717, 1.165) is 36.4 Å². The van der Waals surface area contributed by atoms with Gasteiger partial charge in [-0.2, -0.15) is 0 Å². The zero-order valence-electron chi connectivity index (χ0n) is 16.2. The minimum Gasteiger partial charge on any atom is -0.398 e. The molecule has 0 radical (unpaired) electrons. The lowest BCUT2D eigenvalue weighted by atomic mass is 10.1. The number of halogens is 5. The summed E-state index contributed by atoms with van der Waals surface area (Å²) in [6, 6.07) is 9.47. The van der Waals surface area contributed by atoms with Crippen LogP contribution in [0.3, 0.4) is 0 Å². The maximum absolute atomic E-state index is 13.7. The first-order chi connectivity index (χ1) is 15.1. The second-order valence-electron chi connectivity index (χ2n) is 6.56. The number of guanidine groups is 1. The summed E-state index contributed by atoms with van der Waals surface area (Å²) < 4.78 is 54.0. The molecule has 0 bridgehead atoms. The molecule has 1 unspecified atom stereocenters. The molecular weight excluding hydrogens is 450 g/mol. The average molecular weight is 466 g/mol. The summed E-state index contributed by atoms with van der Waals surface area (Å²) in [5.41, 5.74) is 11.9. The van der Waals surface area contributed by atoms with Gasteiger partial charge >= 0.3 is 0 Å². The van der Waals surface area contributed by atoms with E-state index in [9.17, 15) is 22.4 Å². The van der Waals surface area contributed by atoms with Gasteiger partial charge in [0, 0.05) is 27.5 Å². The molecule has 0 aromatic heterocycles. The van der Waals surface area contributed by atoms with Gasteiger partial charge in [-0.15, -0.1) is 0 Å². The summed E-state index contributed by atoms with van der Waals surface area (Å²) in [7, 11) is 0. The molecule has 0 fully saturated rings. The van der Waals surface area contributed by atoms with Gasteiger partial charge in [0.1, 0.15) is 17.8 Å². The van der Waals surface area contributed by atoms with Gasteiger partial charge in [-0.05, 0) is 54.6 Å². The van der Waals surface area contributed by atoms with Gasteiger partial charge in [-0.3, -0.25) is 10.1 Å². The Hall–Kier alpha value is -3.63. The Morgan fingerprint density at radius 1 is 0.938 bits per heavy atom. The highest BCUT2D eigenvalue weighted by Crippen LogP contribution is 2.22. The predicted octanol–water partition coefficient (Wildman–Crippen LogP) is 4.33. The topological polar surface area (TPSA) is 106 Å². The Morgan fingerprint density at radius 2 is 1.69 bits per heavy atom. The van der Waals surface area contributed by atoms with E-state index in [1.165, 1.54) is 12.1 Å². The summed E-state index contributed by atoms with van der Waals surface area (Å²) in [5.74, 6) is -4.84. The van der Waals surface area contributed by atoms with E-state index >= 15 is 0 Å². The summed E-state index contributed by atoms with van der Waals surface area (Å²) in [5, 5.41) is 5.02. The molecule has 0 heterocycles. The average Bonchev–Trinajstić information content (AvgIpc) is 2.70. The van der Waals surface area contributed by atoms with E-state index < -0.39 is 35.3 Å². The van der Waals surface area contributed by atoms with Crippen LogP contribution in [0.1, 0.15) is 22.1 Å². The van der Waals surface area contributed by atoms with Crippen LogP contribution in [0.2, 0.25) is 5.02 Å². The highest BCUT2D eigenvalue weighted by Gasteiger charge is 2.16. The maximum atomic E-state index is 13.7. The zero-order valence-corrected chi connectivity index (χ0v) is 16.9. The van der Waals surface area contributed by atoms with Crippen molar-refractivity contribution in [2.75, 3.05) is 11.1 Å².